The highest BCUT2D eigenvalue weighted by molar-refractivity contribution is 6.31. The lowest BCUT2D eigenvalue weighted by molar-refractivity contribution is -0.130. The van der Waals surface area contributed by atoms with Crippen molar-refractivity contribution in [3.05, 3.63) is 34.7 Å². The fourth-order valence-electron chi connectivity index (χ4n) is 3.30. The number of amides is 3. The van der Waals surface area contributed by atoms with Gasteiger partial charge in [0.2, 0.25) is 5.91 Å². The highest BCUT2D eigenvalue weighted by atomic mass is 35.5. The first-order valence-electron chi connectivity index (χ1n) is 8.58. The molecule has 0 spiro atoms. The standard InChI is InChI=1S/C18H22ClFN4O2/c1-11(25)24-5-3-4-14(10-24)23(2)18(26)21-9-13-6-12-7-16(20)15(19)8-17(12)22-13/h6-8,14,22H,3-5,9-10H2,1-2H3,(H,21,26)/t14-/m1/s1. The van der Waals surface area contributed by atoms with Gasteiger partial charge in [0.25, 0.3) is 0 Å². The topological polar surface area (TPSA) is 68.4 Å². The van der Waals surface area contributed by atoms with Crippen molar-refractivity contribution < 1.29 is 14.0 Å². The van der Waals surface area contributed by atoms with Gasteiger partial charge in [0, 0.05) is 43.7 Å². The quantitative estimate of drug-likeness (QED) is 0.859. The number of hydrogen-bond acceptors (Lipinski definition) is 2. The van der Waals surface area contributed by atoms with Crippen LogP contribution in [0.2, 0.25) is 5.02 Å². The van der Waals surface area contributed by atoms with E-state index in [0.29, 0.717) is 18.5 Å². The molecule has 1 aliphatic heterocycles. The number of aromatic amines is 1. The highest BCUT2D eigenvalue weighted by Crippen LogP contribution is 2.23. The third-order valence-corrected chi connectivity index (χ3v) is 5.15. The molecule has 1 saturated heterocycles. The number of hydrogen-bond donors (Lipinski definition) is 2. The van der Waals surface area contributed by atoms with Crippen LogP contribution in [-0.2, 0) is 11.3 Å². The van der Waals surface area contributed by atoms with E-state index in [0.717, 1.165) is 30.6 Å². The fraction of sp³-hybridized carbons (Fsp3) is 0.444. The van der Waals surface area contributed by atoms with Gasteiger partial charge >= 0.3 is 6.03 Å². The van der Waals surface area contributed by atoms with Gasteiger partial charge in [-0.15, -0.1) is 0 Å². The Morgan fingerprint density at radius 3 is 2.92 bits per heavy atom. The van der Waals surface area contributed by atoms with Crippen LogP contribution in [0.3, 0.4) is 0 Å². The molecule has 2 aromatic rings. The number of fused-ring (bicyclic) bond motifs is 1. The van der Waals surface area contributed by atoms with Crippen LogP contribution in [0.1, 0.15) is 25.5 Å². The molecule has 0 unspecified atom stereocenters. The number of nitrogens with zero attached hydrogens (tertiary/aromatic N) is 2. The van der Waals surface area contributed by atoms with Crippen molar-refractivity contribution >= 4 is 34.4 Å². The molecule has 2 heterocycles. The molecule has 8 heteroatoms. The Bertz CT molecular complexity index is 799. The van der Waals surface area contributed by atoms with E-state index >= 15 is 0 Å². The smallest absolute Gasteiger partial charge is 0.317 e. The summed E-state index contributed by atoms with van der Waals surface area (Å²) in [6.45, 7) is 3.15. The predicted molar refractivity (Wildman–Crippen MR) is 98.5 cm³/mol. The average Bonchev–Trinajstić information content (AvgIpc) is 3.01. The van der Waals surface area contributed by atoms with Crippen LogP contribution in [-0.4, -0.2) is 52.9 Å². The number of aromatic nitrogens is 1. The summed E-state index contributed by atoms with van der Waals surface area (Å²) in [6.07, 6.45) is 1.76. The lowest BCUT2D eigenvalue weighted by Gasteiger charge is -2.37. The molecular weight excluding hydrogens is 359 g/mol. The molecule has 26 heavy (non-hydrogen) atoms. The monoisotopic (exact) mass is 380 g/mol. The number of rotatable bonds is 3. The zero-order valence-corrected chi connectivity index (χ0v) is 15.6. The maximum Gasteiger partial charge on any atom is 0.317 e. The van der Waals surface area contributed by atoms with Gasteiger partial charge in [0.15, 0.2) is 0 Å². The Hall–Kier alpha value is -2.28. The number of carbonyl (C=O) groups is 2. The maximum atomic E-state index is 13.5. The van der Waals surface area contributed by atoms with Gasteiger partial charge < -0.3 is 20.1 Å². The van der Waals surface area contributed by atoms with Crippen LogP contribution in [0.25, 0.3) is 10.9 Å². The van der Waals surface area contributed by atoms with Gasteiger partial charge in [-0.1, -0.05) is 11.6 Å². The molecule has 2 N–H and O–H groups in total. The second-order valence-corrected chi connectivity index (χ2v) is 7.09. The van der Waals surface area contributed by atoms with E-state index < -0.39 is 5.82 Å². The van der Waals surface area contributed by atoms with Crippen molar-refractivity contribution in [1.29, 1.82) is 0 Å². The number of piperidine rings is 1. The normalized spacial score (nSPS) is 17.4. The Morgan fingerprint density at radius 2 is 2.19 bits per heavy atom. The maximum absolute atomic E-state index is 13.5. The number of carbonyl (C=O) groups excluding carboxylic acids is 2. The highest BCUT2D eigenvalue weighted by Gasteiger charge is 2.27. The molecule has 6 nitrogen and oxygen atoms in total. The molecule has 1 fully saturated rings. The Kier molecular flexibility index (Phi) is 5.36. The predicted octanol–water partition coefficient (Wildman–Crippen LogP) is 3.11. The molecular formula is C18H22ClFN4O2. The first-order valence-corrected chi connectivity index (χ1v) is 8.95. The van der Waals surface area contributed by atoms with Crippen molar-refractivity contribution in [3.63, 3.8) is 0 Å². The van der Waals surface area contributed by atoms with Crippen LogP contribution < -0.4 is 5.32 Å². The molecule has 0 saturated carbocycles. The summed E-state index contributed by atoms with van der Waals surface area (Å²) in [5.74, 6) is -0.437. The molecule has 1 aliphatic rings. The van der Waals surface area contributed by atoms with Crippen molar-refractivity contribution in [2.75, 3.05) is 20.1 Å². The summed E-state index contributed by atoms with van der Waals surface area (Å²) in [7, 11) is 1.74. The van der Waals surface area contributed by atoms with Gasteiger partial charge in [0.1, 0.15) is 5.82 Å². The minimum Gasteiger partial charge on any atom is -0.357 e. The lowest BCUT2D eigenvalue weighted by Crippen LogP contribution is -2.52. The number of likely N-dealkylation sites (tertiary alicyclic amines) is 1. The zero-order valence-electron chi connectivity index (χ0n) is 14.8. The number of urea groups is 1. The molecule has 3 amide bonds. The van der Waals surface area contributed by atoms with Gasteiger partial charge in [-0.25, -0.2) is 9.18 Å². The van der Waals surface area contributed by atoms with Crippen LogP contribution >= 0.6 is 11.6 Å². The largest absolute Gasteiger partial charge is 0.357 e. The van der Waals surface area contributed by atoms with E-state index in [1.807, 2.05) is 0 Å². The van der Waals surface area contributed by atoms with Crippen LogP contribution in [0, 0.1) is 5.82 Å². The van der Waals surface area contributed by atoms with E-state index in [1.54, 1.807) is 29.8 Å². The van der Waals surface area contributed by atoms with E-state index in [2.05, 4.69) is 10.3 Å². The zero-order chi connectivity index (χ0) is 18.8. The van der Waals surface area contributed by atoms with Crippen molar-refractivity contribution in [3.8, 4) is 0 Å². The number of H-pyrrole nitrogens is 1. The lowest BCUT2D eigenvalue weighted by atomic mass is 10.0. The van der Waals surface area contributed by atoms with Crippen LogP contribution in [0.4, 0.5) is 9.18 Å². The van der Waals surface area contributed by atoms with E-state index in [-0.39, 0.29) is 23.0 Å². The summed E-state index contributed by atoms with van der Waals surface area (Å²) < 4.78 is 13.5. The van der Waals surface area contributed by atoms with Crippen molar-refractivity contribution in [1.82, 2.24) is 20.1 Å². The van der Waals surface area contributed by atoms with Gasteiger partial charge in [-0.05, 0) is 31.0 Å². The first kappa shape index (κ1) is 18.5. The van der Waals surface area contributed by atoms with Crippen molar-refractivity contribution in [2.45, 2.75) is 32.4 Å². The Morgan fingerprint density at radius 1 is 1.42 bits per heavy atom. The minimum atomic E-state index is -0.471. The van der Waals surface area contributed by atoms with Gasteiger partial charge in [-0.2, -0.15) is 0 Å². The SMILES string of the molecule is CC(=O)N1CCC[C@@H](N(C)C(=O)NCc2cc3cc(F)c(Cl)cc3[nH]2)C1. The number of likely N-dealkylation sites (N-methyl/N-ethyl adjacent to an activating group) is 1. The van der Waals surface area contributed by atoms with Crippen LogP contribution in [0.15, 0.2) is 18.2 Å². The minimum absolute atomic E-state index is 0.00302. The number of benzene rings is 1. The summed E-state index contributed by atoms with van der Waals surface area (Å²) in [6, 6.07) is 4.48. The summed E-state index contributed by atoms with van der Waals surface area (Å²) in [5.41, 5.74) is 1.48. The molecule has 1 atom stereocenters. The molecule has 0 bridgehead atoms. The average molecular weight is 381 g/mol. The van der Waals surface area contributed by atoms with Crippen LogP contribution in [0.5, 0.6) is 0 Å². The molecule has 1 aromatic carbocycles. The second-order valence-electron chi connectivity index (χ2n) is 6.68. The third kappa shape index (κ3) is 3.93. The summed E-state index contributed by atoms with van der Waals surface area (Å²) in [4.78, 5) is 30.5. The Labute approximate surface area is 156 Å². The first-order chi connectivity index (χ1) is 12.3. The third-order valence-electron chi connectivity index (χ3n) is 4.86. The molecule has 0 radical (unpaired) electrons. The summed E-state index contributed by atoms with van der Waals surface area (Å²) >= 11 is 5.79. The number of halogens is 2. The summed E-state index contributed by atoms with van der Waals surface area (Å²) in [5, 5.41) is 3.62. The Balaban J connectivity index is 1.60. The molecule has 140 valence electrons. The van der Waals surface area contributed by atoms with E-state index in [4.69, 9.17) is 11.6 Å². The molecule has 0 aliphatic carbocycles. The molecule has 1 aromatic heterocycles. The molecule has 3 rings (SSSR count). The van der Waals surface area contributed by atoms with Gasteiger partial charge in [0.05, 0.1) is 17.6 Å². The van der Waals surface area contributed by atoms with Crippen molar-refractivity contribution in [2.24, 2.45) is 0 Å². The van der Waals surface area contributed by atoms with Gasteiger partial charge in [-0.3, -0.25) is 4.79 Å². The number of nitrogens with one attached hydrogen (secondary N) is 2. The van der Waals surface area contributed by atoms with E-state index in [9.17, 15) is 14.0 Å². The van der Waals surface area contributed by atoms with E-state index in [1.165, 1.54) is 12.1 Å². The second kappa shape index (κ2) is 7.53. The fourth-order valence-corrected chi connectivity index (χ4v) is 3.46.